The van der Waals surface area contributed by atoms with Gasteiger partial charge in [-0.3, -0.25) is 4.21 Å². The zero-order chi connectivity index (χ0) is 15.8. The molecule has 0 N–H and O–H groups in total. The normalized spacial score (nSPS) is 23.6. The molecule has 120 valence electrons. The first kappa shape index (κ1) is 16.6. The van der Waals surface area contributed by atoms with E-state index in [1.165, 1.54) is 4.31 Å². The molecule has 21 heavy (non-hydrogen) atoms. The van der Waals surface area contributed by atoms with Crippen LogP contribution in [0.3, 0.4) is 0 Å². The van der Waals surface area contributed by atoms with Crippen molar-refractivity contribution in [1.29, 1.82) is 0 Å². The molecular formula is C13H23N3O3S2. The van der Waals surface area contributed by atoms with E-state index in [1.54, 1.807) is 17.1 Å². The molecule has 1 saturated heterocycles. The van der Waals surface area contributed by atoms with Crippen molar-refractivity contribution in [3.05, 3.63) is 12.5 Å². The lowest BCUT2D eigenvalue weighted by atomic mass is 10.2. The van der Waals surface area contributed by atoms with Gasteiger partial charge in [0.05, 0.1) is 11.1 Å². The summed E-state index contributed by atoms with van der Waals surface area (Å²) in [5.74, 6) is 0.796. The van der Waals surface area contributed by atoms with E-state index < -0.39 is 25.6 Å². The number of hydrogen-bond donors (Lipinski definition) is 0. The van der Waals surface area contributed by atoms with Crippen LogP contribution in [0.2, 0.25) is 0 Å². The number of hydrogen-bond acceptors (Lipinski definition) is 4. The first-order valence-electron chi connectivity index (χ1n) is 7.03. The van der Waals surface area contributed by atoms with Crippen molar-refractivity contribution in [3.8, 4) is 0 Å². The fraction of sp³-hybridized carbons (Fsp3) is 0.769. The van der Waals surface area contributed by atoms with Gasteiger partial charge in [-0.15, -0.1) is 0 Å². The Bertz CT molecular complexity index is 635. The number of imidazole rings is 1. The van der Waals surface area contributed by atoms with E-state index in [1.807, 2.05) is 13.8 Å². The van der Waals surface area contributed by atoms with E-state index in [0.29, 0.717) is 11.7 Å². The lowest BCUT2D eigenvalue weighted by molar-refractivity contribution is 0.377. The highest BCUT2D eigenvalue weighted by atomic mass is 32.2. The van der Waals surface area contributed by atoms with Crippen LogP contribution in [0.5, 0.6) is 0 Å². The van der Waals surface area contributed by atoms with Crippen LogP contribution >= 0.6 is 0 Å². The smallest absolute Gasteiger partial charge is 0.262 e. The maximum atomic E-state index is 12.6. The largest absolute Gasteiger partial charge is 0.336 e. The Labute approximate surface area is 129 Å². The number of rotatable bonds is 4. The second kappa shape index (κ2) is 5.81. The molecule has 2 heterocycles. The fourth-order valence-corrected chi connectivity index (χ4v) is 5.34. The monoisotopic (exact) mass is 333 g/mol. The Morgan fingerprint density at radius 2 is 2.10 bits per heavy atom. The van der Waals surface area contributed by atoms with Gasteiger partial charge in [0, 0.05) is 42.4 Å². The van der Waals surface area contributed by atoms with E-state index >= 15 is 0 Å². The summed E-state index contributed by atoms with van der Waals surface area (Å²) in [6.45, 7) is 9.09. The van der Waals surface area contributed by atoms with Gasteiger partial charge in [0.1, 0.15) is 0 Å². The maximum Gasteiger partial charge on any atom is 0.262 e. The second-order valence-electron chi connectivity index (χ2n) is 6.45. The Morgan fingerprint density at radius 1 is 1.43 bits per heavy atom. The van der Waals surface area contributed by atoms with E-state index in [9.17, 15) is 12.6 Å². The highest BCUT2D eigenvalue weighted by Crippen LogP contribution is 2.25. The second-order valence-corrected chi connectivity index (χ2v) is 10.5. The van der Waals surface area contributed by atoms with Crippen molar-refractivity contribution in [1.82, 2.24) is 13.9 Å². The third-order valence-corrected chi connectivity index (χ3v) is 7.14. The average molecular weight is 333 g/mol. The van der Waals surface area contributed by atoms with Crippen molar-refractivity contribution in [2.24, 2.45) is 5.92 Å². The Balaban J connectivity index is 2.22. The van der Waals surface area contributed by atoms with E-state index in [-0.39, 0.29) is 18.1 Å². The average Bonchev–Trinajstić information content (AvgIpc) is 2.80. The summed E-state index contributed by atoms with van der Waals surface area (Å²) < 4.78 is 39.9. The first-order valence-corrected chi connectivity index (χ1v) is 9.79. The van der Waals surface area contributed by atoms with Crippen molar-refractivity contribution in [3.63, 3.8) is 0 Å². The van der Waals surface area contributed by atoms with Gasteiger partial charge in [0.2, 0.25) is 0 Å². The SMILES string of the molecule is CC(C)Cn1cnc(S(=O)(=O)N2CCS(=O)C(C)(C)C2)c1. The highest BCUT2D eigenvalue weighted by molar-refractivity contribution is 7.89. The minimum absolute atomic E-state index is 0.0756. The van der Waals surface area contributed by atoms with Crippen LogP contribution < -0.4 is 0 Å². The molecule has 1 aliphatic rings. The quantitative estimate of drug-likeness (QED) is 0.826. The van der Waals surface area contributed by atoms with Crippen LogP contribution in [0.4, 0.5) is 0 Å². The molecule has 0 spiro atoms. The van der Waals surface area contributed by atoms with Gasteiger partial charge in [-0.2, -0.15) is 4.31 Å². The highest BCUT2D eigenvalue weighted by Gasteiger charge is 2.39. The van der Waals surface area contributed by atoms with Crippen molar-refractivity contribution in [2.45, 2.75) is 44.0 Å². The molecule has 0 radical (unpaired) electrons. The molecule has 1 unspecified atom stereocenters. The fourth-order valence-electron chi connectivity index (χ4n) is 2.37. The van der Waals surface area contributed by atoms with Crippen LogP contribution in [-0.4, -0.2) is 50.1 Å². The van der Waals surface area contributed by atoms with Gasteiger partial charge in [0.15, 0.2) is 5.03 Å². The van der Waals surface area contributed by atoms with E-state index in [2.05, 4.69) is 18.8 Å². The van der Waals surface area contributed by atoms with E-state index in [0.717, 1.165) is 6.54 Å². The summed E-state index contributed by atoms with van der Waals surface area (Å²) in [5, 5.41) is 0.0756. The Morgan fingerprint density at radius 3 is 2.67 bits per heavy atom. The number of sulfonamides is 1. The summed E-state index contributed by atoms with van der Waals surface area (Å²) in [6.07, 6.45) is 3.13. The van der Waals surface area contributed by atoms with Crippen LogP contribution in [0.25, 0.3) is 0 Å². The van der Waals surface area contributed by atoms with E-state index in [4.69, 9.17) is 0 Å². The molecule has 0 bridgehead atoms. The van der Waals surface area contributed by atoms with Gasteiger partial charge in [0.25, 0.3) is 10.0 Å². The lowest BCUT2D eigenvalue weighted by Gasteiger charge is -2.35. The minimum Gasteiger partial charge on any atom is -0.336 e. The van der Waals surface area contributed by atoms with Gasteiger partial charge >= 0.3 is 0 Å². The predicted octanol–water partition coefficient (Wildman–Crippen LogP) is 1.07. The molecule has 1 aliphatic heterocycles. The Kier molecular flexibility index (Phi) is 4.60. The standard InChI is InChI=1S/C13H23N3O3S2/c1-11(2)7-15-8-12(14-10-15)21(18,19)16-5-6-20(17)13(3,4)9-16/h8,10-11H,5-7,9H2,1-4H3. The summed E-state index contributed by atoms with van der Waals surface area (Å²) >= 11 is 0. The van der Waals surface area contributed by atoms with Gasteiger partial charge in [-0.1, -0.05) is 13.8 Å². The molecule has 0 saturated carbocycles. The van der Waals surface area contributed by atoms with Gasteiger partial charge < -0.3 is 4.57 Å². The zero-order valence-corrected chi connectivity index (χ0v) is 14.6. The molecule has 6 nitrogen and oxygen atoms in total. The minimum atomic E-state index is -3.60. The molecule has 1 aromatic heterocycles. The molecule has 2 rings (SSSR count). The van der Waals surface area contributed by atoms with Crippen LogP contribution in [-0.2, 0) is 27.4 Å². The van der Waals surface area contributed by atoms with Crippen LogP contribution in [0, 0.1) is 5.92 Å². The van der Waals surface area contributed by atoms with Crippen molar-refractivity contribution in [2.75, 3.05) is 18.8 Å². The van der Waals surface area contributed by atoms with Crippen molar-refractivity contribution >= 4 is 20.8 Å². The summed E-state index contributed by atoms with van der Waals surface area (Å²) in [4.78, 5) is 4.04. The topological polar surface area (TPSA) is 72.3 Å². The van der Waals surface area contributed by atoms with Crippen molar-refractivity contribution < 1.29 is 12.6 Å². The molecule has 0 aromatic carbocycles. The van der Waals surface area contributed by atoms with Crippen LogP contribution in [0.1, 0.15) is 27.7 Å². The predicted molar refractivity (Wildman–Crippen MR) is 82.9 cm³/mol. The molecule has 1 aromatic rings. The summed E-state index contributed by atoms with van der Waals surface area (Å²) in [7, 11) is -4.60. The summed E-state index contributed by atoms with van der Waals surface area (Å²) in [6, 6.07) is 0. The molecule has 1 fully saturated rings. The Hall–Kier alpha value is -0.730. The lowest BCUT2D eigenvalue weighted by Crippen LogP contribution is -2.52. The molecular weight excluding hydrogens is 310 g/mol. The maximum absolute atomic E-state index is 12.6. The molecule has 1 atom stereocenters. The van der Waals surface area contributed by atoms with Gasteiger partial charge in [-0.25, -0.2) is 13.4 Å². The van der Waals surface area contributed by atoms with Gasteiger partial charge in [-0.05, 0) is 19.8 Å². The third-order valence-electron chi connectivity index (χ3n) is 3.49. The molecule has 0 amide bonds. The summed E-state index contributed by atoms with van der Waals surface area (Å²) in [5.41, 5.74) is 0. The molecule has 0 aliphatic carbocycles. The number of aromatic nitrogens is 2. The third kappa shape index (κ3) is 3.54. The zero-order valence-electron chi connectivity index (χ0n) is 12.9. The number of nitrogens with zero attached hydrogens (tertiary/aromatic N) is 3. The first-order chi connectivity index (χ1) is 9.63. The van der Waals surface area contributed by atoms with Crippen LogP contribution in [0.15, 0.2) is 17.6 Å². The molecule has 8 heteroatoms.